The highest BCUT2D eigenvalue weighted by atomic mass is 79.9. The van der Waals surface area contributed by atoms with E-state index in [-0.39, 0.29) is 6.04 Å². The van der Waals surface area contributed by atoms with Crippen molar-refractivity contribution in [2.45, 2.75) is 12.5 Å². The van der Waals surface area contributed by atoms with Crippen molar-refractivity contribution in [1.29, 1.82) is 0 Å². The molecule has 120 valence electrons. The molecule has 0 aromatic carbocycles. The van der Waals surface area contributed by atoms with Crippen LogP contribution in [0, 0.1) is 0 Å². The summed E-state index contributed by atoms with van der Waals surface area (Å²) in [6.45, 7) is 0.968. The highest BCUT2D eigenvalue weighted by Gasteiger charge is 2.16. The first-order valence-corrected chi connectivity index (χ1v) is 8.23. The van der Waals surface area contributed by atoms with Crippen LogP contribution in [0.4, 0.5) is 5.82 Å². The Morgan fingerprint density at radius 2 is 2.17 bits per heavy atom. The molecule has 0 radical (unpaired) electrons. The van der Waals surface area contributed by atoms with Crippen LogP contribution in [-0.2, 0) is 0 Å². The van der Waals surface area contributed by atoms with Gasteiger partial charge in [-0.2, -0.15) is 5.10 Å². The van der Waals surface area contributed by atoms with Crippen LogP contribution in [0.3, 0.4) is 0 Å². The topological polar surface area (TPSA) is 58.4 Å². The van der Waals surface area contributed by atoms with E-state index in [0.717, 1.165) is 34.3 Å². The average molecular weight is 375 g/mol. The van der Waals surface area contributed by atoms with Crippen molar-refractivity contribution in [3.63, 3.8) is 0 Å². The standard InChI is InChI=1S/C16H19BrN6/c1-22(2)8-5-14(12-4-3-6-18-10-12)21-16-15-13(17)11-20-23(15)9-7-19-16/h3-4,6-7,9-11,14H,5,8H2,1-2H3,(H,19,21). The second kappa shape index (κ2) is 7.06. The van der Waals surface area contributed by atoms with Gasteiger partial charge in [0.15, 0.2) is 5.82 Å². The third-order valence-corrected chi connectivity index (χ3v) is 4.23. The maximum atomic E-state index is 4.50. The quantitative estimate of drug-likeness (QED) is 0.718. The van der Waals surface area contributed by atoms with Crippen LogP contribution < -0.4 is 5.32 Å². The molecule has 6 nitrogen and oxygen atoms in total. The SMILES string of the molecule is CN(C)CCC(Nc1nccn2ncc(Br)c12)c1cccnc1. The van der Waals surface area contributed by atoms with Gasteiger partial charge in [0, 0.05) is 24.8 Å². The zero-order valence-corrected chi connectivity index (χ0v) is 14.7. The maximum absolute atomic E-state index is 4.50. The highest BCUT2D eigenvalue weighted by Crippen LogP contribution is 2.27. The summed E-state index contributed by atoms with van der Waals surface area (Å²) in [7, 11) is 4.15. The number of hydrogen-bond acceptors (Lipinski definition) is 5. The van der Waals surface area contributed by atoms with Crippen molar-refractivity contribution >= 4 is 27.3 Å². The number of hydrogen-bond donors (Lipinski definition) is 1. The van der Waals surface area contributed by atoms with E-state index in [2.05, 4.69) is 61.4 Å². The van der Waals surface area contributed by atoms with Gasteiger partial charge in [0.2, 0.25) is 0 Å². The number of aromatic nitrogens is 4. The summed E-state index contributed by atoms with van der Waals surface area (Å²) in [5, 5.41) is 7.85. The predicted octanol–water partition coefficient (Wildman–Crippen LogP) is 2.99. The average Bonchev–Trinajstić information content (AvgIpc) is 2.94. The minimum absolute atomic E-state index is 0.131. The first-order chi connectivity index (χ1) is 11.1. The highest BCUT2D eigenvalue weighted by molar-refractivity contribution is 9.10. The lowest BCUT2D eigenvalue weighted by Crippen LogP contribution is -2.20. The van der Waals surface area contributed by atoms with Gasteiger partial charge in [0.1, 0.15) is 5.52 Å². The minimum atomic E-state index is 0.131. The molecule has 7 heteroatoms. The Morgan fingerprint density at radius 1 is 1.30 bits per heavy atom. The number of nitrogens with one attached hydrogen (secondary N) is 1. The molecular formula is C16H19BrN6. The normalized spacial score (nSPS) is 12.7. The number of fused-ring (bicyclic) bond motifs is 1. The summed E-state index contributed by atoms with van der Waals surface area (Å²) in [5.74, 6) is 0.810. The molecule has 0 spiro atoms. The smallest absolute Gasteiger partial charge is 0.153 e. The number of pyridine rings is 1. The van der Waals surface area contributed by atoms with Gasteiger partial charge < -0.3 is 10.2 Å². The first-order valence-electron chi connectivity index (χ1n) is 7.44. The molecule has 3 heterocycles. The zero-order valence-electron chi connectivity index (χ0n) is 13.1. The number of rotatable bonds is 6. The lowest BCUT2D eigenvalue weighted by molar-refractivity contribution is 0.387. The number of halogens is 1. The van der Waals surface area contributed by atoms with Crippen LogP contribution in [0.1, 0.15) is 18.0 Å². The fraction of sp³-hybridized carbons (Fsp3) is 0.312. The van der Waals surface area contributed by atoms with Gasteiger partial charge in [-0.1, -0.05) is 6.07 Å². The molecule has 0 fully saturated rings. The molecule has 0 amide bonds. The van der Waals surface area contributed by atoms with Gasteiger partial charge in [-0.15, -0.1) is 0 Å². The van der Waals surface area contributed by atoms with Gasteiger partial charge in [-0.05, 0) is 54.6 Å². The molecule has 1 atom stereocenters. The summed E-state index contributed by atoms with van der Waals surface area (Å²) in [5.41, 5.74) is 2.08. The van der Waals surface area contributed by atoms with E-state index in [0.29, 0.717) is 0 Å². The van der Waals surface area contributed by atoms with Gasteiger partial charge >= 0.3 is 0 Å². The van der Waals surface area contributed by atoms with E-state index in [9.17, 15) is 0 Å². The van der Waals surface area contributed by atoms with Gasteiger partial charge in [-0.3, -0.25) is 4.98 Å². The summed E-state index contributed by atoms with van der Waals surface area (Å²) in [4.78, 5) is 10.9. The van der Waals surface area contributed by atoms with Crippen LogP contribution in [0.2, 0.25) is 0 Å². The molecule has 0 aliphatic carbocycles. The molecule has 23 heavy (non-hydrogen) atoms. The Hall–Kier alpha value is -1.99. The van der Waals surface area contributed by atoms with Crippen molar-refractivity contribution in [3.8, 4) is 0 Å². The van der Waals surface area contributed by atoms with Gasteiger partial charge in [0.05, 0.1) is 16.7 Å². The molecular weight excluding hydrogens is 356 g/mol. The lowest BCUT2D eigenvalue weighted by Gasteiger charge is -2.22. The van der Waals surface area contributed by atoms with Crippen molar-refractivity contribution in [3.05, 3.63) is 53.2 Å². The molecule has 0 aliphatic rings. The third kappa shape index (κ3) is 3.68. The first kappa shape index (κ1) is 15.9. The Morgan fingerprint density at radius 3 is 2.91 bits per heavy atom. The van der Waals surface area contributed by atoms with Crippen LogP contribution in [-0.4, -0.2) is 45.1 Å². The van der Waals surface area contributed by atoms with Gasteiger partial charge in [0.25, 0.3) is 0 Å². The van der Waals surface area contributed by atoms with Crippen LogP contribution >= 0.6 is 15.9 Å². The van der Waals surface area contributed by atoms with E-state index in [1.807, 2.05) is 23.0 Å². The molecule has 1 unspecified atom stereocenters. The molecule has 3 aromatic rings. The Bertz CT molecular complexity index is 771. The van der Waals surface area contributed by atoms with E-state index in [1.54, 1.807) is 18.6 Å². The van der Waals surface area contributed by atoms with Crippen molar-refractivity contribution in [1.82, 2.24) is 24.5 Å². The van der Waals surface area contributed by atoms with Crippen LogP contribution in [0.25, 0.3) is 5.52 Å². The zero-order chi connectivity index (χ0) is 16.2. The molecule has 0 saturated carbocycles. The molecule has 3 aromatic heterocycles. The number of nitrogens with zero attached hydrogens (tertiary/aromatic N) is 5. The van der Waals surface area contributed by atoms with E-state index in [4.69, 9.17) is 0 Å². The third-order valence-electron chi connectivity index (χ3n) is 3.65. The molecule has 0 aliphatic heterocycles. The fourth-order valence-electron chi connectivity index (χ4n) is 2.47. The van der Waals surface area contributed by atoms with Crippen LogP contribution in [0.15, 0.2) is 47.6 Å². The van der Waals surface area contributed by atoms with Crippen molar-refractivity contribution in [2.75, 3.05) is 26.0 Å². The van der Waals surface area contributed by atoms with E-state index >= 15 is 0 Å². The monoisotopic (exact) mass is 374 g/mol. The fourth-order valence-corrected chi connectivity index (χ4v) is 2.93. The lowest BCUT2D eigenvalue weighted by atomic mass is 10.1. The summed E-state index contributed by atoms with van der Waals surface area (Å²) in [6.07, 6.45) is 10.0. The minimum Gasteiger partial charge on any atom is -0.361 e. The summed E-state index contributed by atoms with van der Waals surface area (Å²) >= 11 is 3.54. The van der Waals surface area contributed by atoms with E-state index in [1.165, 1.54) is 0 Å². The largest absolute Gasteiger partial charge is 0.361 e. The Kier molecular flexibility index (Phi) is 4.88. The van der Waals surface area contributed by atoms with Crippen molar-refractivity contribution < 1.29 is 0 Å². The molecule has 0 saturated heterocycles. The van der Waals surface area contributed by atoms with Gasteiger partial charge in [-0.25, -0.2) is 9.50 Å². The Labute approximate surface area is 143 Å². The summed E-state index contributed by atoms with van der Waals surface area (Å²) in [6, 6.07) is 4.18. The van der Waals surface area contributed by atoms with Crippen molar-refractivity contribution in [2.24, 2.45) is 0 Å². The molecule has 3 rings (SSSR count). The second-order valence-corrected chi connectivity index (χ2v) is 6.49. The van der Waals surface area contributed by atoms with E-state index < -0.39 is 0 Å². The van der Waals surface area contributed by atoms with Crippen LogP contribution in [0.5, 0.6) is 0 Å². The number of anilines is 1. The maximum Gasteiger partial charge on any atom is 0.153 e. The Balaban J connectivity index is 1.92. The molecule has 0 bridgehead atoms. The molecule has 1 N–H and O–H groups in total. The second-order valence-electron chi connectivity index (χ2n) is 5.64. The summed E-state index contributed by atoms with van der Waals surface area (Å²) < 4.78 is 2.73. The predicted molar refractivity (Wildman–Crippen MR) is 94.5 cm³/mol.